The molecule has 3 aliphatic carbocycles. The molecule has 2 aromatic rings. The minimum Gasteiger partial charge on any atom is -0.508 e. The van der Waals surface area contributed by atoms with Crippen LogP contribution in [0.5, 0.6) is 5.75 Å². The van der Waals surface area contributed by atoms with Crippen molar-refractivity contribution in [1.29, 1.82) is 0 Å². The number of halogens is 1. The molecule has 0 radical (unpaired) electrons. The lowest BCUT2D eigenvalue weighted by molar-refractivity contribution is 0.0955. The van der Waals surface area contributed by atoms with Crippen molar-refractivity contribution in [2.45, 2.75) is 51.4 Å². The zero-order chi connectivity index (χ0) is 20.0. The lowest BCUT2D eigenvalue weighted by Gasteiger charge is -2.49. The van der Waals surface area contributed by atoms with Crippen LogP contribution in [0.1, 0.15) is 61.6 Å². The molecule has 0 unspecified atom stereocenters. The molecule has 2 aromatic carbocycles. The Balaban J connectivity index is 1.37. The molecule has 4 heteroatoms. The third-order valence-electron chi connectivity index (χ3n) is 7.71. The first-order chi connectivity index (χ1) is 14.0. The third-order valence-corrected chi connectivity index (χ3v) is 7.71. The molecule has 150 valence electrons. The van der Waals surface area contributed by atoms with Crippen LogP contribution in [0.4, 0.5) is 4.39 Å². The third kappa shape index (κ3) is 3.19. The summed E-state index contributed by atoms with van der Waals surface area (Å²) in [7, 11) is 0. The number of hydrogen-bond acceptors (Lipinski definition) is 3. The number of aryl methyl sites for hydroxylation is 1. The fourth-order valence-corrected chi connectivity index (χ4v) is 6.24. The molecular formula is C25H27FN2O. The van der Waals surface area contributed by atoms with Crippen LogP contribution in [0.25, 0.3) is 0 Å². The van der Waals surface area contributed by atoms with Gasteiger partial charge in [-0.2, -0.15) is 10.2 Å². The van der Waals surface area contributed by atoms with Gasteiger partial charge in [-0.05, 0) is 97.2 Å². The monoisotopic (exact) mass is 390 g/mol. The van der Waals surface area contributed by atoms with Gasteiger partial charge in [-0.3, -0.25) is 0 Å². The molecule has 1 N–H and O–H groups in total. The lowest BCUT2D eigenvalue weighted by Crippen LogP contribution is -2.42. The molecule has 0 saturated heterocycles. The Morgan fingerprint density at radius 2 is 1.90 bits per heavy atom. The largest absolute Gasteiger partial charge is 0.508 e. The van der Waals surface area contributed by atoms with E-state index in [9.17, 15) is 9.50 Å². The molecule has 3 aliphatic rings. The SMILES string of the molecule is C[C@]12CC[C@@H]3c4ccc(O)cc4CC[C@H]3[C@@H]1CC/C2=N/N=C\c1ccc(F)cc1. The number of fused-ring (bicyclic) bond motifs is 5. The van der Waals surface area contributed by atoms with Crippen LogP contribution in [-0.4, -0.2) is 17.0 Å². The van der Waals surface area contributed by atoms with Crippen LogP contribution in [0.15, 0.2) is 52.7 Å². The summed E-state index contributed by atoms with van der Waals surface area (Å²) < 4.78 is 13.1. The van der Waals surface area contributed by atoms with Crippen molar-refractivity contribution in [3.05, 3.63) is 65.0 Å². The quantitative estimate of drug-likeness (QED) is 0.506. The second-order valence-electron chi connectivity index (χ2n) is 9.14. The van der Waals surface area contributed by atoms with Gasteiger partial charge in [0.15, 0.2) is 0 Å². The van der Waals surface area contributed by atoms with Crippen LogP contribution in [0, 0.1) is 23.1 Å². The van der Waals surface area contributed by atoms with Gasteiger partial charge < -0.3 is 5.11 Å². The predicted molar refractivity (Wildman–Crippen MR) is 114 cm³/mol. The number of phenolic OH excluding ortho intramolecular Hbond substituents is 1. The van der Waals surface area contributed by atoms with E-state index in [2.05, 4.69) is 23.2 Å². The highest BCUT2D eigenvalue weighted by Gasteiger charge is 2.53. The number of rotatable bonds is 2. The average Bonchev–Trinajstić information content (AvgIpc) is 3.05. The summed E-state index contributed by atoms with van der Waals surface area (Å²) in [5.74, 6) is 2.11. The van der Waals surface area contributed by atoms with Gasteiger partial charge in [0, 0.05) is 11.1 Å². The zero-order valence-corrected chi connectivity index (χ0v) is 16.8. The summed E-state index contributed by atoms with van der Waals surface area (Å²) in [5.41, 5.74) is 5.03. The van der Waals surface area contributed by atoms with Crippen molar-refractivity contribution in [1.82, 2.24) is 0 Å². The topological polar surface area (TPSA) is 45.0 Å². The highest BCUT2D eigenvalue weighted by molar-refractivity contribution is 5.93. The lowest BCUT2D eigenvalue weighted by atomic mass is 9.55. The van der Waals surface area contributed by atoms with Crippen LogP contribution in [-0.2, 0) is 6.42 Å². The first kappa shape index (κ1) is 18.5. The van der Waals surface area contributed by atoms with E-state index in [1.165, 1.54) is 48.2 Å². The van der Waals surface area contributed by atoms with Crippen LogP contribution in [0.3, 0.4) is 0 Å². The van der Waals surface area contributed by atoms with E-state index in [-0.39, 0.29) is 11.2 Å². The van der Waals surface area contributed by atoms with Gasteiger partial charge in [-0.25, -0.2) is 4.39 Å². The molecule has 0 aromatic heterocycles. The van der Waals surface area contributed by atoms with E-state index in [0.29, 0.717) is 23.5 Å². The maximum Gasteiger partial charge on any atom is 0.123 e. The molecule has 0 aliphatic heterocycles. The fourth-order valence-electron chi connectivity index (χ4n) is 6.24. The number of benzene rings is 2. The second kappa shape index (κ2) is 7.08. The van der Waals surface area contributed by atoms with E-state index in [1.54, 1.807) is 18.3 Å². The number of aromatic hydroxyl groups is 1. The van der Waals surface area contributed by atoms with Gasteiger partial charge in [-0.15, -0.1) is 0 Å². The van der Waals surface area contributed by atoms with Gasteiger partial charge in [0.05, 0.1) is 6.21 Å². The minimum absolute atomic E-state index is 0.135. The van der Waals surface area contributed by atoms with E-state index >= 15 is 0 Å². The summed E-state index contributed by atoms with van der Waals surface area (Å²) >= 11 is 0. The van der Waals surface area contributed by atoms with Crippen molar-refractivity contribution in [2.75, 3.05) is 0 Å². The minimum atomic E-state index is -0.236. The summed E-state index contributed by atoms with van der Waals surface area (Å²) in [6.45, 7) is 2.39. The fraction of sp³-hybridized carbons (Fsp3) is 0.440. The maximum atomic E-state index is 13.1. The van der Waals surface area contributed by atoms with Crippen molar-refractivity contribution in [3.8, 4) is 5.75 Å². The van der Waals surface area contributed by atoms with Gasteiger partial charge in [0.25, 0.3) is 0 Å². The standard InChI is InChI=1S/C25H27FN2O/c1-25-13-12-21-20-9-7-19(29)14-17(20)4-8-22(21)23(25)10-11-24(25)28-27-15-16-2-5-18(26)6-3-16/h2-3,5-7,9,14-15,21-23,29H,4,8,10-13H2,1H3/b27-15-,28-24-/t21-,22-,23+,25+/m1/s1. The first-order valence-corrected chi connectivity index (χ1v) is 10.7. The molecule has 4 atom stereocenters. The van der Waals surface area contributed by atoms with E-state index in [0.717, 1.165) is 24.8 Å². The Labute approximate surface area is 171 Å². The summed E-state index contributed by atoms with van der Waals surface area (Å²) in [6.07, 6.45) is 8.52. The normalized spacial score (nSPS) is 32.2. The molecular weight excluding hydrogens is 363 g/mol. The Morgan fingerprint density at radius 3 is 2.72 bits per heavy atom. The second-order valence-corrected chi connectivity index (χ2v) is 9.14. The molecule has 0 amide bonds. The van der Waals surface area contributed by atoms with Crippen molar-refractivity contribution in [2.24, 2.45) is 27.5 Å². The number of nitrogens with zero attached hydrogens (tertiary/aromatic N) is 2. The van der Waals surface area contributed by atoms with Crippen molar-refractivity contribution < 1.29 is 9.50 Å². The molecule has 29 heavy (non-hydrogen) atoms. The van der Waals surface area contributed by atoms with Crippen LogP contribution in [0.2, 0.25) is 0 Å². The smallest absolute Gasteiger partial charge is 0.123 e. The van der Waals surface area contributed by atoms with Gasteiger partial charge in [0.2, 0.25) is 0 Å². The molecule has 2 saturated carbocycles. The zero-order valence-electron chi connectivity index (χ0n) is 16.8. The van der Waals surface area contributed by atoms with Gasteiger partial charge in [0.1, 0.15) is 11.6 Å². The van der Waals surface area contributed by atoms with E-state index < -0.39 is 0 Å². The maximum absolute atomic E-state index is 13.1. The summed E-state index contributed by atoms with van der Waals surface area (Å²) in [4.78, 5) is 0. The van der Waals surface area contributed by atoms with E-state index in [4.69, 9.17) is 0 Å². The Morgan fingerprint density at radius 1 is 1.07 bits per heavy atom. The molecule has 0 bridgehead atoms. The Kier molecular flexibility index (Phi) is 4.53. The molecule has 0 spiro atoms. The Bertz CT molecular complexity index is 981. The average molecular weight is 391 g/mol. The number of hydrogen-bond donors (Lipinski definition) is 1. The van der Waals surface area contributed by atoms with Crippen LogP contribution < -0.4 is 0 Å². The van der Waals surface area contributed by atoms with E-state index in [1.807, 2.05) is 12.1 Å². The highest BCUT2D eigenvalue weighted by Crippen LogP contribution is 2.60. The Hall–Kier alpha value is -2.49. The van der Waals surface area contributed by atoms with Crippen molar-refractivity contribution >= 4 is 11.9 Å². The van der Waals surface area contributed by atoms with Crippen molar-refractivity contribution in [3.63, 3.8) is 0 Å². The van der Waals surface area contributed by atoms with Crippen LogP contribution >= 0.6 is 0 Å². The molecule has 0 heterocycles. The van der Waals surface area contributed by atoms with Gasteiger partial charge >= 0.3 is 0 Å². The predicted octanol–water partition coefficient (Wildman–Crippen LogP) is 5.86. The highest BCUT2D eigenvalue weighted by atomic mass is 19.1. The van der Waals surface area contributed by atoms with Gasteiger partial charge in [-0.1, -0.05) is 25.1 Å². The molecule has 2 fully saturated rings. The molecule has 3 nitrogen and oxygen atoms in total. The number of phenols is 1. The summed E-state index contributed by atoms with van der Waals surface area (Å²) in [5, 5.41) is 18.8. The summed E-state index contributed by atoms with van der Waals surface area (Å²) in [6, 6.07) is 12.3. The molecule has 5 rings (SSSR count). The first-order valence-electron chi connectivity index (χ1n) is 10.7.